The first-order valence-corrected chi connectivity index (χ1v) is 7.64. The van der Waals surface area contributed by atoms with Gasteiger partial charge >= 0.3 is 0 Å². The van der Waals surface area contributed by atoms with Crippen molar-refractivity contribution in [2.75, 3.05) is 5.32 Å². The number of para-hydroxylation sites is 1. The number of rotatable bonds is 3. The van der Waals surface area contributed by atoms with Crippen LogP contribution in [0.5, 0.6) is 0 Å². The second kappa shape index (κ2) is 5.96. The number of carbonyl (C=O) groups is 2. The van der Waals surface area contributed by atoms with E-state index in [4.69, 9.17) is 0 Å². The summed E-state index contributed by atoms with van der Waals surface area (Å²) < 4.78 is 14.3. The van der Waals surface area contributed by atoms with E-state index in [9.17, 15) is 14.0 Å². The van der Waals surface area contributed by atoms with Crippen LogP contribution in [0.3, 0.4) is 0 Å². The Hall–Kier alpha value is -2.47. The molecule has 1 aromatic heterocycles. The van der Waals surface area contributed by atoms with Gasteiger partial charge in [0, 0.05) is 21.1 Å². The van der Waals surface area contributed by atoms with Crippen LogP contribution in [0.1, 0.15) is 16.1 Å². The quantitative estimate of drug-likeness (QED) is 0.533. The lowest BCUT2D eigenvalue weighted by Crippen LogP contribution is -2.23. The van der Waals surface area contributed by atoms with Gasteiger partial charge in [0.2, 0.25) is 0 Å². The molecule has 2 aromatic carbocycles. The number of hydrogen-bond donors (Lipinski definition) is 2. The Balaban J connectivity index is 1.93. The number of ketones is 1. The molecule has 0 bridgehead atoms. The molecule has 3 rings (SSSR count). The number of fused-ring (bicyclic) bond motifs is 1. The van der Waals surface area contributed by atoms with Gasteiger partial charge < -0.3 is 10.3 Å². The number of halogens is 2. The van der Waals surface area contributed by atoms with Crippen molar-refractivity contribution < 1.29 is 14.0 Å². The lowest BCUT2D eigenvalue weighted by Gasteiger charge is -2.06. The monoisotopic (exact) mass is 374 g/mol. The number of benzene rings is 2. The molecule has 23 heavy (non-hydrogen) atoms. The number of hydrogen-bond acceptors (Lipinski definition) is 2. The molecule has 6 heteroatoms. The third kappa shape index (κ3) is 2.90. The van der Waals surface area contributed by atoms with Crippen molar-refractivity contribution in [2.45, 2.75) is 6.92 Å². The van der Waals surface area contributed by atoms with Crippen LogP contribution in [0.15, 0.2) is 46.9 Å². The summed E-state index contributed by atoms with van der Waals surface area (Å²) in [6, 6.07) is 11.4. The van der Waals surface area contributed by atoms with Gasteiger partial charge in [0.25, 0.3) is 11.7 Å². The van der Waals surface area contributed by atoms with Crippen molar-refractivity contribution in [3.63, 3.8) is 0 Å². The SMILES string of the molecule is Cc1[nH]c2ccccc2c1C(=O)C(=O)Nc1ccc(Br)cc1F. The molecule has 116 valence electrons. The van der Waals surface area contributed by atoms with Crippen LogP contribution in [-0.4, -0.2) is 16.7 Å². The maximum absolute atomic E-state index is 13.8. The number of carbonyl (C=O) groups excluding carboxylic acids is 2. The highest BCUT2D eigenvalue weighted by atomic mass is 79.9. The molecule has 3 aromatic rings. The highest BCUT2D eigenvalue weighted by Gasteiger charge is 2.23. The zero-order valence-corrected chi connectivity index (χ0v) is 13.7. The van der Waals surface area contributed by atoms with Crippen LogP contribution >= 0.6 is 15.9 Å². The molecule has 0 aliphatic heterocycles. The molecule has 4 nitrogen and oxygen atoms in total. The summed E-state index contributed by atoms with van der Waals surface area (Å²) in [6.07, 6.45) is 0. The maximum Gasteiger partial charge on any atom is 0.296 e. The van der Waals surface area contributed by atoms with Gasteiger partial charge in [-0.15, -0.1) is 0 Å². The second-order valence-electron chi connectivity index (χ2n) is 5.08. The Kier molecular flexibility index (Phi) is 4.00. The van der Waals surface area contributed by atoms with Gasteiger partial charge in [-0.25, -0.2) is 4.39 Å². The van der Waals surface area contributed by atoms with E-state index >= 15 is 0 Å². The molecule has 1 amide bonds. The van der Waals surface area contributed by atoms with E-state index in [0.29, 0.717) is 21.1 Å². The summed E-state index contributed by atoms with van der Waals surface area (Å²) in [6.45, 7) is 1.72. The van der Waals surface area contributed by atoms with Gasteiger partial charge in [0.1, 0.15) is 5.82 Å². The molecular formula is C17H12BrFN2O2. The number of aromatic amines is 1. The summed E-state index contributed by atoms with van der Waals surface area (Å²) >= 11 is 3.14. The summed E-state index contributed by atoms with van der Waals surface area (Å²) in [5.41, 5.74) is 1.64. The predicted octanol–water partition coefficient (Wildman–Crippen LogP) is 4.20. The standard InChI is InChI=1S/C17H12BrFN2O2/c1-9-15(11-4-2-3-5-13(11)20-9)16(22)17(23)21-14-7-6-10(18)8-12(14)19/h2-8,20H,1H3,(H,21,23). The number of anilines is 1. The van der Waals surface area contributed by atoms with Crippen molar-refractivity contribution in [1.29, 1.82) is 0 Å². The minimum absolute atomic E-state index is 0.0379. The second-order valence-corrected chi connectivity index (χ2v) is 5.99. The van der Waals surface area contributed by atoms with E-state index in [0.717, 1.165) is 5.52 Å². The number of Topliss-reactive ketones (excluding diaryl/α,β-unsaturated/α-hetero) is 1. The Bertz CT molecular complexity index is 933. The first-order chi connectivity index (χ1) is 11.0. The van der Waals surface area contributed by atoms with Gasteiger partial charge in [-0.05, 0) is 31.2 Å². The molecule has 0 fully saturated rings. The molecule has 0 atom stereocenters. The fourth-order valence-corrected chi connectivity index (χ4v) is 2.79. The molecular weight excluding hydrogens is 363 g/mol. The molecule has 0 saturated carbocycles. The van der Waals surface area contributed by atoms with Crippen LogP contribution in [0, 0.1) is 12.7 Å². The van der Waals surface area contributed by atoms with Gasteiger partial charge in [-0.1, -0.05) is 34.1 Å². The first kappa shape index (κ1) is 15.4. The fraction of sp³-hybridized carbons (Fsp3) is 0.0588. The molecule has 0 aliphatic carbocycles. The van der Waals surface area contributed by atoms with Gasteiger partial charge in [-0.2, -0.15) is 0 Å². The summed E-state index contributed by atoms with van der Waals surface area (Å²) in [5, 5.41) is 2.99. The Morgan fingerprint density at radius 3 is 2.65 bits per heavy atom. The Morgan fingerprint density at radius 2 is 1.91 bits per heavy atom. The molecule has 0 saturated heterocycles. The molecule has 0 spiro atoms. The number of nitrogens with one attached hydrogen (secondary N) is 2. The molecule has 0 radical (unpaired) electrons. The molecule has 1 heterocycles. The molecule has 0 aliphatic rings. The van der Waals surface area contributed by atoms with Gasteiger partial charge in [0.15, 0.2) is 0 Å². The third-order valence-electron chi connectivity index (χ3n) is 3.51. The average molecular weight is 375 g/mol. The van der Waals surface area contributed by atoms with Gasteiger partial charge in [0.05, 0.1) is 11.3 Å². The van der Waals surface area contributed by atoms with Crippen molar-refractivity contribution in [3.05, 3.63) is 64.0 Å². The van der Waals surface area contributed by atoms with Gasteiger partial charge in [-0.3, -0.25) is 9.59 Å². The third-order valence-corrected chi connectivity index (χ3v) is 4.00. The normalized spacial score (nSPS) is 10.7. The Morgan fingerprint density at radius 1 is 1.17 bits per heavy atom. The first-order valence-electron chi connectivity index (χ1n) is 6.85. The van der Waals surface area contributed by atoms with Crippen molar-refractivity contribution >= 4 is 44.2 Å². The number of aromatic nitrogens is 1. The summed E-state index contributed by atoms with van der Waals surface area (Å²) in [4.78, 5) is 27.7. The van der Waals surface area contributed by atoms with Crippen molar-refractivity contribution in [1.82, 2.24) is 4.98 Å². The summed E-state index contributed by atoms with van der Waals surface area (Å²) in [5.74, 6) is -2.20. The molecule has 0 unspecified atom stereocenters. The Labute approximate surface area is 139 Å². The van der Waals surface area contributed by atoms with E-state index < -0.39 is 17.5 Å². The topological polar surface area (TPSA) is 62.0 Å². The van der Waals surface area contributed by atoms with Crippen molar-refractivity contribution in [3.8, 4) is 0 Å². The van der Waals surface area contributed by atoms with E-state index in [1.165, 1.54) is 12.1 Å². The zero-order chi connectivity index (χ0) is 16.6. The van der Waals surface area contributed by atoms with E-state index in [2.05, 4.69) is 26.2 Å². The maximum atomic E-state index is 13.8. The highest BCUT2D eigenvalue weighted by molar-refractivity contribution is 9.10. The smallest absolute Gasteiger partial charge is 0.296 e. The minimum atomic E-state index is -0.876. The lowest BCUT2D eigenvalue weighted by atomic mass is 10.1. The van der Waals surface area contributed by atoms with Crippen LogP contribution in [0.25, 0.3) is 10.9 Å². The largest absolute Gasteiger partial charge is 0.358 e. The summed E-state index contributed by atoms with van der Waals surface area (Å²) in [7, 11) is 0. The van der Waals surface area contributed by atoms with Crippen molar-refractivity contribution in [2.24, 2.45) is 0 Å². The van der Waals surface area contributed by atoms with Crippen LogP contribution in [-0.2, 0) is 4.79 Å². The number of amides is 1. The molecule has 2 N–H and O–H groups in total. The van der Waals surface area contributed by atoms with Crippen LogP contribution in [0.2, 0.25) is 0 Å². The van der Waals surface area contributed by atoms with Crippen LogP contribution < -0.4 is 5.32 Å². The number of aryl methyl sites for hydroxylation is 1. The van der Waals surface area contributed by atoms with E-state index in [-0.39, 0.29) is 5.69 Å². The zero-order valence-electron chi connectivity index (χ0n) is 12.1. The highest BCUT2D eigenvalue weighted by Crippen LogP contribution is 2.24. The minimum Gasteiger partial charge on any atom is -0.358 e. The van der Waals surface area contributed by atoms with Crippen LogP contribution in [0.4, 0.5) is 10.1 Å². The number of H-pyrrole nitrogens is 1. The van der Waals surface area contributed by atoms with E-state index in [1.807, 2.05) is 12.1 Å². The van der Waals surface area contributed by atoms with E-state index in [1.54, 1.807) is 25.1 Å². The average Bonchev–Trinajstić information content (AvgIpc) is 2.85. The predicted molar refractivity (Wildman–Crippen MR) is 90.1 cm³/mol. The lowest BCUT2D eigenvalue weighted by molar-refractivity contribution is -0.112. The fourth-order valence-electron chi connectivity index (χ4n) is 2.45.